The second-order valence-corrected chi connectivity index (χ2v) is 5.57. The van der Waals surface area contributed by atoms with Gasteiger partial charge in [-0.15, -0.1) is 0 Å². The van der Waals surface area contributed by atoms with Crippen LogP contribution >= 0.6 is 0 Å². The van der Waals surface area contributed by atoms with E-state index in [1.54, 1.807) is 0 Å². The number of rotatable bonds is 4. The van der Waals surface area contributed by atoms with E-state index >= 15 is 0 Å². The minimum atomic E-state index is 0.648. The Hall–Kier alpha value is -1.61. The highest BCUT2D eigenvalue weighted by Gasteiger charge is 2.40. The third-order valence-corrected chi connectivity index (χ3v) is 4.21. The molecule has 0 spiro atoms. The standard InChI is InChI=1S/C16H21N3/c1-11-16(15-8-14(15)9-17)12(2)19(18-11)10-13-6-4-3-5-7-13/h3-7,14-15H,8-10,17H2,1-2H3. The number of aryl methyl sites for hydroxylation is 1. The van der Waals surface area contributed by atoms with Crippen molar-refractivity contribution in [3.8, 4) is 0 Å². The van der Waals surface area contributed by atoms with Gasteiger partial charge in [-0.2, -0.15) is 5.10 Å². The van der Waals surface area contributed by atoms with Crippen LogP contribution in [0.3, 0.4) is 0 Å². The fraction of sp³-hybridized carbons (Fsp3) is 0.438. The summed E-state index contributed by atoms with van der Waals surface area (Å²) in [6.45, 7) is 5.96. The summed E-state index contributed by atoms with van der Waals surface area (Å²) in [5, 5.41) is 4.71. The van der Waals surface area contributed by atoms with Gasteiger partial charge in [-0.25, -0.2) is 0 Å². The van der Waals surface area contributed by atoms with Gasteiger partial charge in [0.2, 0.25) is 0 Å². The molecule has 1 aromatic carbocycles. The van der Waals surface area contributed by atoms with E-state index in [-0.39, 0.29) is 0 Å². The zero-order chi connectivity index (χ0) is 13.4. The van der Waals surface area contributed by atoms with E-state index in [1.807, 2.05) is 6.07 Å². The van der Waals surface area contributed by atoms with Crippen molar-refractivity contribution in [2.45, 2.75) is 32.7 Å². The summed E-state index contributed by atoms with van der Waals surface area (Å²) >= 11 is 0. The van der Waals surface area contributed by atoms with Gasteiger partial charge in [0.15, 0.2) is 0 Å². The lowest BCUT2D eigenvalue weighted by Crippen LogP contribution is -2.05. The van der Waals surface area contributed by atoms with E-state index in [4.69, 9.17) is 10.8 Å². The number of hydrogen-bond acceptors (Lipinski definition) is 2. The highest BCUT2D eigenvalue weighted by molar-refractivity contribution is 5.34. The van der Waals surface area contributed by atoms with Gasteiger partial charge in [0.05, 0.1) is 12.2 Å². The van der Waals surface area contributed by atoms with Crippen LogP contribution in [0.2, 0.25) is 0 Å². The molecule has 3 heteroatoms. The topological polar surface area (TPSA) is 43.8 Å². The molecule has 1 heterocycles. The lowest BCUT2D eigenvalue weighted by Gasteiger charge is -2.05. The summed E-state index contributed by atoms with van der Waals surface area (Å²) in [6, 6.07) is 10.5. The second-order valence-electron chi connectivity index (χ2n) is 5.57. The maximum Gasteiger partial charge on any atom is 0.0662 e. The molecule has 0 bridgehead atoms. The van der Waals surface area contributed by atoms with Gasteiger partial charge in [-0.05, 0) is 49.8 Å². The Labute approximate surface area is 114 Å². The largest absolute Gasteiger partial charge is 0.330 e. The van der Waals surface area contributed by atoms with Gasteiger partial charge in [0, 0.05) is 5.69 Å². The van der Waals surface area contributed by atoms with Crippen LogP contribution < -0.4 is 5.73 Å². The number of aromatic nitrogens is 2. The number of hydrogen-bond donors (Lipinski definition) is 1. The normalized spacial score (nSPS) is 21.6. The van der Waals surface area contributed by atoms with Crippen molar-refractivity contribution in [3.63, 3.8) is 0 Å². The first kappa shape index (κ1) is 12.4. The molecule has 1 saturated carbocycles. The van der Waals surface area contributed by atoms with Crippen LogP contribution in [-0.2, 0) is 6.54 Å². The zero-order valence-electron chi connectivity index (χ0n) is 11.6. The smallest absolute Gasteiger partial charge is 0.0662 e. The van der Waals surface area contributed by atoms with E-state index in [0.717, 1.165) is 13.1 Å². The van der Waals surface area contributed by atoms with Crippen molar-refractivity contribution in [1.82, 2.24) is 9.78 Å². The molecule has 0 saturated heterocycles. The molecule has 2 N–H and O–H groups in total. The quantitative estimate of drug-likeness (QED) is 0.912. The summed E-state index contributed by atoms with van der Waals surface area (Å²) < 4.78 is 2.13. The van der Waals surface area contributed by atoms with Crippen molar-refractivity contribution in [3.05, 3.63) is 52.8 Å². The monoisotopic (exact) mass is 255 g/mol. The molecular formula is C16H21N3. The first-order valence-corrected chi connectivity index (χ1v) is 6.98. The van der Waals surface area contributed by atoms with E-state index in [9.17, 15) is 0 Å². The Kier molecular flexibility index (Phi) is 3.15. The summed E-state index contributed by atoms with van der Waals surface area (Å²) in [5.74, 6) is 1.32. The molecule has 1 aliphatic rings. The SMILES string of the molecule is Cc1nn(Cc2ccccc2)c(C)c1C1CC1CN. The maximum atomic E-state index is 5.76. The highest BCUT2D eigenvalue weighted by Crippen LogP contribution is 2.48. The number of nitrogens with zero attached hydrogens (tertiary/aromatic N) is 2. The molecule has 19 heavy (non-hydrogen) atoms. The number of nitrogens with two attached hydrogens (primary N) is 1. The van der Waals surface area contributed by atoms with Gasteiger partial charge in [0.25, 0.3) is 0 Å². The Morgan fingerprint density at radius 2 is 2.00 bits per heavy atom. The lowest BCUT2D eigenvalue weighted by molar-refractivity contribution is 0.657. The summed E-state index contributed by atoms with van der Waals surface area (Å²) in [5.41, 5.74) is 11.0. The molecule has 0 amide bonds. The highest BCUT2D eigenvalue weighted by atomic mass is 15.3. The zero-order valence-corrected chi connectivity index (χ0v) is 11.6. The fourth-order valence-corrected chi connectivity index (χ4v) is 3.02. The van der Waals surface area contributed by atoms with E-state index in [1.165, 1.54) is 28.9 Å². The van der Waals surface area contributed by atoms with Gasteiger partial charge in [0.1, 0.15) is 0 Å². The van der Waals surface area contributed by atoms with Crippen LogP contribution in [0.25, 0.3) is 0 Å². The van der Waals surface area contributed by atoms with Gasteiger partial charge in [-0.3, -0.25) is 4.68 Å². The van der Waals surface area contributed by atoms with Crippen molar-refractivity contribution < 1.29 is 0 Å². The van der Waals surface area contributed by atoms with Gasteiger partial charge >= 0.3 is 0 Å². The molecule has 3 nitrogen and oxygen atoms in total. The maximum absolute atomic E-state index is 5.76. The Bertz CT molecular complexity index is 571. The van der Waals surface area contributed by atoms with E-state index in [0.29, 0.717) is 11.8 Å². The lowest BCUT2D eigenvalue weighted by atomic mass is 10.1. The molecule has 3 rings (SSSR count). The average molecular weight is 255 g/mol. The minimum absolute atomic E-state index is 0.648. The van der Waals surface area contributed by atoms with Crippen LogP contribution in [0.15, 0.2) is 30.3 Å². The molecule has 0 radical (unpaired) electrons. The minimum Gasteiger partial charge on any atom is -0.330 e. The van der Waals surface area contributed by atoms with Crippen molar-refractivity contribution in [2.24, 2.45) is 11.7 Å². The van der Waals surface area contributed by atoms with Crippen LogP contribution in [-0.4, -0.2) is 16.3 Å². The van der Waals surface area contributed by atoms with Gasteiger partial charge in [-0.1, -0.05) is 30.3 Å². The molecule has 2 aromatic rings. The fourth-order valence-electron chi connectivity index (χ4n) is 3.02. The van der Waals surface area contributed by atoms with Gasteiger partial charge < -0.3 is 5.73 Å². The molecule has 100 valence electrons. The Morgan fingerprint density at radius 3 is 2.63 bits per heavy atom. The first-order chi connectivity index (χ1) is 9.20. The Balaban J connectivity index is 1.86. The van der Waals surface area contributed by atoms with Crippen molar-refractivity contribution in [1.29, 1.82) is 0 Å². The summed E-state index contributed by atoms with van der Waals surface area (Å²) in [6.07, 6.45) is 1.23. The van der Waals surface area contributed by atoms with Crippen LogP contribution in [0.1, 0.15) is 34.9 Å². The Morgan fingerprint density at radius 1 is 1.26 bits per heavy atom. The summed E-state index contributed by atoms with van der Waals surface area (Å²) in [4.78, 5) is 0. The molecule has 1 fully saturated rings. The van der Waals surface area contributed by atoms with Crippen LogP contribution in [0.5, 0.6) is 0 Å². The second kappa shape index (κ2) is 4.82. The molecule has 1 aliphatic carbocycles. The van der Waals surface area contributed by atoms with Crippen LogP contribution in [0, 0.1) is 19.8 Å². The molecule has 2 atom stereocenters. The molecule has 1 aromatic heterocycles. The number of benzene rings is 1. The predicted molar refractivity (Wildman–Crippen MR) is 77.1 cm³/mol. The van der Waals surface area contributed by atoms with Crippen LogP contribution in [0.4, 0.5) is 0 Å². The molecule has 0 aliphatic heterocycles. The summed E-state index contributed by atoms with van der Waals surface area (Å²) in [7, 11) is 0. The third kappa shape index (κ3) is 2.30. The molecule has 2 unspecified atom stereocenters. The van der Waals surface area contributed by atoms with E-state index < -0.39 is 0 Å². The van der Waals surface area contributed by atoms with E-state index in [2.05, 4.69) is 42.8 Å². The van der Waals surface area contributed by atoms with Crippen molar-refractivity contribution >= 4 is 0 Å². The third-order valence-electron chi connectivity index (χ3n) is 4.21. The predicted octanol–water partition coefficient (Wildman–Crippen LogP) is 2.61. The first-order valence-electron chi connectivity index (χ1n) is 6.98. The van der Waals surface area contributed by atoms with Crippen molar-refractivity contribution in [2.75, 3.05) is 6.54 Å². The average Bonchev–Trinajstić information content (AvgIpc) is 3.13. The molecular weight excluding hydrogens is 234 g/mol.